The quantitative estimate of drug-likeness (QED) is 0.321. The summed E-state index contributed by atoms with van der Waals surface area (Å²) in [4.78, 5) is 16.7. The summed E-state index contributed by atoms with van der Waals surface area (Å²) >= 11 is 13.6. The fourth-order valence-electron chi connectivity index (χ4n) is 3.91. The SMILES string of the molecule is CC(Oc1ccc2nc(NC(=O)NCCC3CCNCC3)sc2c1)c1c(Cl)ccc(F)c1Cl. The molecule has 2 aromatic carbocycles. The standard InChI is InChI=1S/C23H25Cl2FN4O2S/c1-13(20-16(24)3-4-17(26)21(20)25)32-15-2-5-18-19(12-15)33-23(29-18)30-22(31)28-11-8-14-6-9-27-10-7-14/h2-5,12-14,27H,6-11H2,1H3,(H2,28,29,30,31). The Morgan fingerprint density at radius 3 is 2.88 bits per heavy atom. The molecule has 1 atom stereocenters. The molecule has 176 valence electrons. The lowest BCUT2D eigenvalue weighted by molar-refractivity contribution is 0.227. The first-order valence-corrected chi connectivity index (χ1v) is 12.4. The van der Waals surface area contributed by atoms with Gasteiger partial charge < -0.3 is 15.4 Å². The van der Waals surface area contributed by atoms with Crippen LogP contribution < -0.4 is 20.7 Å². The van der Waals surface area contributed by atoms with Gasteiger partial charge in [-0.25, -0.2) is 14.2 Å². The van der Waals surface area contributed by atoms with Gasteiger partial charge in [0.05, 0.1) is 15.2 Å². The molecule has 0 radical (unpaired) electrons. The minimum Gasteiger partial charge on any atom is -0.486 e. The number of thiazole rings is 1. The smallest absolute Gasteiger partial charge is 0.321 e. The Hall–Kier alpha value is -2.13. The molecule has 6 nitrogen and oxygen atoms in total. The number of amides is 2. The molecule has 1 aromatic heterocycles. The summed E-state index contributed by atoms with van der Waals surface area (Å²) in [6.45, 7) is 4.50. The third kappa shape index (κ3) is 6.06. The molecule has 1 saturated heterocycles. The van der Waals surface area contributed by atoms with Crippen molar-refractivity contribution in [3.63, 3.8) is 0 Å². The summed E-state index contributed by atoms with van der Waals surface area (Å²) in [5.41, 5.74) is 1.14. The van der Waals surface area contributed by atoms with Crippen molar-refractivity contribution in [2.45, 2.75) is 32.3 Å². The van der Waals surface area contributed by atoms with Crippen LogP contribution in [-0.2, 0) is 0 Å². The van der Waals surface area contributed by atoms with Crippen molar-refractivity contribution in [3.8, 4) is 5.75 Å². The van der Waals surface area contributed by atoms with Gasteiger partial charge in [0, 0.05) is 17.1 Å². The first-order chi connectivity index (χ1) is 15.9. The second-order valence-corrected chi connectivity index (χ2v) is 9.84. The van der Waals surface area contributed by atoms with Crippen LogP contribution in [-0.4, -0.2) is 30.6 Å². The molecular formula is C23H25Cl2FN4O2S. The van der Waals surface area contributed by atoms with Crippen LogP contribution in [0.15, 0.2) is 30.3 Å². The highest BCUT2D eigenvalue weighted by Crippen LogP contribution is 2.36. The van der Waals surface area contributed by atoms with Crippen molar-refractivity contribution < 1.29 is 13.9 Å². The van der Waals surface area contributed by atoms with Crippen molar-refractivity contribution in [2.75, 3.05) is 25.0 Å². The average molecular weight is 511 g/mol. The monoisotopic (exact) mass is 510 g/mol. The second-order valence-electron chi connectivity index (χ2n) is 8.03. The Kier molecular flexibility index (Phi) is 7.90. The molecule has 0 bridgehead atoms. The van der Waals surface area contributed by atoms with Gasteiger partial charge in [-0.1, -0.05) is 34.5 Å². The van der Waals surface area contributed by atoms with Gasteiger partial charge in [-0.05, 0) is 75.5 Å². The highest BCUT2D eigenvalue weighted by Gasteiger charge is 2.19. The Labute approximate surface area is 205 Å². The molecule has 3 N–H and O–H groups in total. The Morgan fingerprint density at radius 2 is 2.09 bits per heavy atom. The number of hydrogen-bond acceptors (Lipinski definition) is 5. The fraction of sp³-hybridized carbons (Fsp3) is 0.391. The Morgan fingerprint density at radius 1 is 1.30 bits per heavy atom. The number of ether oxygens (including phenoxy) is 1. The molecule has 0 spiro atoms. The molecule has 10 heteroatoms. The van der Waals surface area contributed by atoms with Crippen molar-refractivity contribution in [3.05, 3.63) is 51.8 Å². The zero-order valence-electron chi connectivity index (χ0n) is 18.1. The van der Waals surface area contributed by atoms with Gasteiger partial charge in [-0.3, -0.25) is 5.32 Å². The maximum Gasteiger partial charge on any atom is 0.321 e. The van der Waals surface area contributed by atoms with Gasteiger partial charge in [0.2, 0.25) is 0 Å². The molecule has 0 aliphatic carbocycles. The fourth-order valence-corrected chi connectivity index (χ4v) is 5.48. The molecule has 2 amide bonds. The molecule has 1 unspecified atom stereocenters. The summed E-state index contributed by atoms with van der Waals surface area (Å²) in [7, 11) is 0. The number of urea groups is 1. The normalized spacial score (nSPS) is 15.4. The van der Waals surface area contributed by atoms with Crippen LogP contribution in [0.2, 0.25) is 10.0 Å². The second kappa shape index (κ2) is 10.9. The first-order valence-electron chi connectivity index (χ1n) is 10.9. The molecule has 1 aliphatic rings. The van der Waals surface area contributed by atoms with Crippen LogP contribution in [0.4, 0.5) is 14.3 Å². The number of nitrogens with zero attached hydrogens (tertiary/aromatic N) is 1. The largest absolute Gasteiger partial charge is 0.486 e. The summed E-state index contributed by atoms with van der Waals surface area (Å²) in [6.07, 6.45) is 2.73. The van der Waals surface area contributed by atoms with Crippen molar-refractivity contribution in [1.29, 1.82) is 0 Å². The summed E-state index contributed by atoms with van der Waals surface area (Å²) in [6, 6.07) is 7.82. The third-order valence-electron chi connectivity index (χ3n) is 5.68. The van der Waals surface area contributed by atoms with E-state index in [4.69, 9.17) is 27.9 Å². The van der Waals surface area contributed by atoms with Crippen LogP contribution in [0.1, 0.15) is 37.9 Å². The van der Waals surface area contributed by atoms with E-state index in [1.807, 2.05) is 12.1 Å². The molecule has 3 aromatic rings. The molecule has 1 fully saturated rings. The minimum absolute atomic E-state index is 0.0495. The van der Waals surface area contributed by atoms with Gasteiger partial charge in [0.1, 0.15) is 17.7 Å². The van der Waals surface area contributed by atoms with Gasteiger partial charge >= 0.3 is 6.03 Å². The van der Waals surface area contributed by atoms with Gasteiger partial charge in [-0.15, -0.1) is 0 Å². The Balaban J connectivity index is 1.36. The predicted molar refractivity (Wildman–Crippen MR) is 132 cm³/mol. The zero-order valence-corrected chi connectivity index (χ0v) is 20.4. The van der Waals surface area contributed by atoms with Gasteiger partial charge in [0.25, 0.3) is 0 Å². The van der Waals surface area contributed by atoms with E-state index in [0.29, 0.717) is 33.9 Å². The molecular weight excluding hydrogens is 486 g/mol. The number of piperidine rings is 1. The molecule has 2 heterocycles. The predicted octanol–water partition coefficient (Wildman–Crippen LogP) is 6.39. The maximum atomic E-state index is 13.9. The number of anilines is 1. The third-order valence-corrected chi connectivity index (χ3v) is 7.32. The summed E-state index contributed by atoms with van der Waals surface area (Å²) in [5, 5.41) is 9.85. The van der Waals surface area contributed by atoms with Crippen LogP contribution in [0, 0.1) is 11.7 Å². The Bertz CT molecular complexity index is 1140. The van der Waals surface area contributed by atoms with Crippen LogP contribution in [0.3, 0.4) is 0 Å². The number of fused-ring (bicyclic) bond motifs is 1. The lowest BCUT2D eigenvalue weighted by Gasteiger charge is -2.22. The van der Waals surface area contributed by atoms with Gasteiger partial charge in [0.15, 0.2) is 5.13 Å². The number of aromatic nitrogens is 1. The zero-order chi connectivity index (χ0) is 23.4. The summed E-state index contributed by atoms with van der Waals surface area (Å²) in [5.74, 6) is 0.675. The van der Waals surface area contributed by atoms with Crippen LogP contribution in [0.5, 0.6) is 5.75 Å². The van der Waals surface area contributed by atoms with Crippen LogP contribution in [0.25, 0.3) is 10.2 Å². The number of halogens is 3. The lowest BCUT2D eigenvalue weighted by Crippen LogP contribution is -2.33. The first kappa shape index (κ1) is 24.0. The van der Waals surface area contributed by atoms with Crippen molar-refractivity contribution in [1.82, 2.24) is 15.6 Å². The van der Waals surface area contributed by atoms with E-state index in [9.17, 15) is 9.18 Å². The number of hydrogen-bond donors (Lipinski definition) is 3. The van der Waals surface area contributed by atoms with E-state index in [1.165, 1.54) is 23.5 Å². The average Bonchev–Trinajstić information content (AvgIpc) is 3.18. The number of carbonyl (C=O) groups is 1. The number of carbonyl (C=O) groups excluding carboxylic acids is 1. The highest BCUT2D eigenvalue weighted by atomic mass is 35.5. The van der Waals surface area contributed by atoms with E-state index < -0.39 is 11.9 Å². The van der Waals surface area contributed by atoms with E-state index in [2.05, 4.69) is 20.9 Å². The van der Waals surface area contributed by atoms with E-state index in [-0.39, 0.29) is 11.1 Å². The molecule has 4 rings (SSSR count). The maximum absolute atomic E-state index is 13.9. The summed E-state index contributed by atoms with van der Waals surface area (Å²) < 4.78 is 20.7. The molecule has 1 aliphatic heterocycles. The van der Waals surface area contributed by atoms with Crippen molar-refractivity contribution >= 4 is 55.9 Å². The van der Waals surface area contributed by atoms with Crippen molar-refractivity contribution in [2.24, 2.45) is 5.92 Å². The number of nitrogens with one attached hydrogen (secondary N) is 3. The molecule has 33 heavy (non-hydrogen) atoms. The van der Waals surface area contributed by atoms with E-state index in [0.717, 1.165) is 42.6 Å². The minimum atomic E-state index is -0.561. The van der Waals surface area contributed by atoms with E-state index >= 15 is 0 Å². The van der Waals surface area contributed by atoms with Crippen LogP contribution >= 0.6 is 34.5 Å². The van der Waals surface area contributed by atoms with E-state index in [1.54, 1.807) is 13.0 Å². The number of rotatable bonds is 7. The lowest BCUT2D eigenvalue weighted by atomic mass is 9.95. The number of benzene rings is 2. The highest BCUT2D eigenvalue weighted by molar-refractivity contribution is 7.22. The molecule has 0 saturated carbocycles. The van der Waals surface area contributed by atoms with Gasteiger partial charge in [-0.2, -0.15) is 0 Å². The topological polar surface area (TPSA) is 75.3 Å².